The number of H-pyrrole nitrogens is 1. The predicted molar refractivity (Wildman–Crippen MR) is 98.3 cm³/mol. The van der Waals surface area contributed by atoms with E-state index in [-0.39, 0.29) is 12.6 Å². The van der Waals surface area contributed by atoms with Crippen LogP contribution in [0.1, 0.15) is 18.1 Å². The van der Waals surface area contributed by atoms with Crippen LogP contribution in [0.2, 0.25) is 0 Å². The van der Waals surface area contributed by atoms with Gasteiger partial charge >= 0.3 is 0 Å². The lowest BCUT2D eigenvalue weighted by atomic mass is 10.0. The molecule has 0 bridgehead atoms. The highest BCUT2D eigenvalue weighted by atomic mass is 16.3. The highest BCUT2D eigenvalue weighted by Crippen LogP contribution is 2.37. The molecule has 0 radical (unpaired) electrons. The Morgan fingerprint density at radius 3 is 3.00 bits per heavy atom. The van der Waals surface area contributed by atoms with E-state index >= 15 is 0 Å². The number of nitrogens with zero attached hydrogens (tertiary/aromatic N) is 6. The van der Waals surface area contributed by atoms with Gasteiger partial charge in [0.1, 0.15) is 22.7 Å². The van der Waals surface area contributed by atoms with E-state index in [0.29, 0.717) is 17.3 Å². The van der Waals surface area contributed by atoms with E-state index in [4.69, 9.17) is 4.42 Å². The molecule has 0 amide bonds. The first-order valence-electron chi connectivity index (χ1n) is 8.99. The molecule has 0 saturated carbocycles. The maximum Gasteiger partial charge on any atom is 0.196 e. The molecule has 5 rings (SSSR count). The van der Waals surface area contributed by atoms with Gasteiger partial charge < -0.3 is 14.4 Å². The van der Waals surface area contributed by atoms with Crippen molar-refractivity contribution >= 4 is 27.9 Å². The number of anilines is 1. The Hall–Kier alpha value is -3.07. The third-order valence-electron chi connectivity index (χ3n) is 5.17. The smallest absolute Gasteiger partial charge is 0.196 e. The van der Waals surface area contributed by atoms with Gasteiger partial charge in [-0.1, -0.05) is 12.1 Å². The molecule has 3 aromatic heterocycles. The predicted octanol–water partition coefficient (Wildman–Crippen LogP) is 1.63. The monoisotopic (exact) mass is 365 g/mol. The first kappa shape index (κ1) is 16.1. The molecule has 2 atom stereocenters. The quantitative estimate of drug-likeness (QED) is 0.560. The first-order valence-corrected chi connectivity index (χ1v) is 8.99. The van der Waals surface area contributed by atoms with E-state index in [2.05, 4.69) is 35.5 Å². The summed E-state index contributed by atoms with van der Waals surface area (Å²) in [7, 11) is 0. The molecule has 27 heavy (non-hydrogen) atoms. The summed E-state index contributed by atoms with van der Waals surface area (Å²) in [6, 6.07) is 7.82. The van der Waals surface area contributed by atoms with Gasteiger partial charge in [0.15, 0.2) is 11.4 Å². The second-order valence-corrected chi connectivity index (χ2v) is 7.01. The first-order chi connectivity index (χ1) is 13.2. The van der Waals surface area contributed by atoms with Crippen LogP contribution in [0.25, 0.3) is 22.1 Å². The number of para-hydroxylation sites is 1. The number of aromatic amines is 1. The number of furan rings is 1. The molecule has 1 aromatic carbocycles. The normalized spacial score (nSPS) is 20.1. The van der Waals surface area contributed by atoms with Crippen LogP contribution >= 0.6 is 0 Å². The van der Waals surface area contributed by atoms with E-state index in [9.17, 15) is 5.11 Å². The van der Waals surface area contributed by atoms with E-state index < -0.39 is 0 Å². The lowest BCUT2D eigenvalue weighted by Gasteiger charge is -2.24. The lowest BCUT2D eigenvalue weighted by molar-refractivity contribution is 0.262. The second-order valence-electron chi connectivity index (χ2n) is 7.01. The van der Waals surface area contributed by atoms with Crippen LogP contribution in [0.3, 0.4) is 0 Å². The third kappa shape index (κ3) is 2.71. The topological polar surface area (TPSA) is 117 Å². The molecule has 4 aromatic rings. The molecule has 1 saturated heterocycles. The van der Waals surface area contributed by atoms with Crippen molar-refractivity contribution in [2.45, 2.75) is 25.8 Å². The summed E-state index contributed by atoms with van der Waals surface area (Å²) in [5.74, 6) is 2.49. The molecule has 4 heterocycles. The highest BCUT2D eigenvalue weighted by molar-refractivity contribution is 6.05. The Kier molecular flexibility index (Phi) is 3.75. The van der Waals surface area contributed by atoms with Crippen LogP contribution < -0.4 is 4.90 Å². The molecule has 0 aliphatic carbocycles. The highest BCUT2D eigenvalue weighted by Gasteiger charge is 2.35. The zero-order chi connectivity index (χ0) is 18.4. The summed E-state index contributed by atoms with van der Waals surface area (Å²) in [5, 5.41) is 25.0. The summed E-state index contributed by atoms with van der Waals surface area (Å²) in [5.41, 5.74) is 2.27. The van der Waals surface area contributed by atoms with Crippen molar-refractivity contribution in [2.24, 2.45) is 5.92 Å². The van der Waals surface area contributed by atoms with Crippen molar-refractivity contribution in [3.05, 3.63) is 35.9 Å². The van der Waals surface area contributed by atoms with Crippen molar-refractivity contribution < 1.29 is 9.52 Å². The van der Waals surface area contributed by atoms with Crippen molar-refractivity contribution in [1.29, 1.82) is 0 Å². The lowest BCUT2D eigenvalue weighted by Crippen LogP contribution is -2.33. The number of aliphatic hydroxyl groups excluding tert-OH is 1. The Balaban J connectivity index is 1.57. The summed E-state index contributed by atoms with van der Waals surface area (Å²) < 4.78 is 6.10. The fraction of sp³-hybridized carbons (Fsp3) is 0.389. The summed E-state index contributed by atoms with van der Waals surface area (Å²) in [6.07, 6.45) is 1.56. The van der Waals surface area contributed by atoms with E-state index in [1.165, 1.54) is 0 Å². The third-order valence-corrected chi connectivity index (χ3v) is 5.17. The van der Waals surface area contributed by atoms with E-state index in [1.807, 2.05) is 31.2 Å². The maximum atomic E-state index is 9.96. The summed E-state index contributed by atoms with van der Waals surface area (Å²) in [6.45, 7) is 2.68. The number of tetrazole rings is 1. The summed E-state index contributed by atoms with van der Waals surface area (Å²) >= 11 is 0. The van der Waals surface area contributed by atoms with Crippen LogP contribution in [0, 0.1) is 12.8 Å². The maximum absolute atomic E-state index is 9.96. The van der Waals surface area contributed by atoms with Crippen molar-refractivity contribution in [3.8, 4) is 0 Å². The van der Waals surface area contributed by atoms with Crippen LogP contribution in [-0.2, 0) is 6.42 Å². The van der Waals surface area contributed by atoms with Crippen LogP contribution in [0.4, 0.5) is 5.82 Å². The molecule has 9 nitrogen and oxygen atoms in total. The molecule has 2 N–H and O–H groups in total. The number of nitrogens with one attached hydrogen (secondary N) is 1. The largest absolute Gasteiger partial charge is 0.450 e. The molecule has 1 aliphatic rings. The number of aromatic nitrogens is 6. The average Bonchev–Trinajstić information content (AvgIpc) is 3.40. The van der Waals surface area contributed by atoms with Gasteiger partial charge in [-0.05, 0) is 41.8 Å². The molecule has 1 aliphatic heterocycles. The number of benzene rings is 1. The second kappa shape index (κ2) is 6.27. The molecule has 0 unspecified atom stereocenters. The molecule has 0 spiro atoms. The Morgan fingerprint density at radius 2 is 2.19 bits per heavy atom. The minimum Gasteiger partial charge on any atom is -0.450 e. The number of aryl methyl sites for hydroxylation is 1. The van der Waals surface area contributed by atoms with Crippen LogP contribution in [0.5, 0.6) is 0 Å². The fourth-order valence-electron chi connectivity index (χ4n) is 4.01. The minimum absolute atomic E-state index is 0.0309. The van der Waals surface area contributed by atoms with Crippen molar-refractivity contribution in [2.75, 3.05) is 18.1 Å². The average molecular weight is 365 g/mol. The molecule has 9 heteroatoms. The number of hydrogen-bond acceptors (Lipinski definition) is 8. The van der Waals surface area contributed by atoms with Gasteiger partial charge in [-0.15, -0.1) is 5.10 Å². The van der Waals surface area contributed by atoms with Gasteiger partial charge in [-0.2, -0.15) is 0 Å². The minimum atomic E-state index is -0.0309. The standard InChI is InChI=1S/C18H19N7O2/c1-10-19-16-13-4-2-3-5-14(13)27-17(16)18(20-10)25-8-11(6-12(25)9-26)7-15-21-23-24-22-15/h2-5,11-12,26H,6-9H2,1H3,(H,21,22,23,24)/t11-,12+/m1/s1. The van der Waals surface area contributed by atoms with Crippen LogP contribution in [0.15, 0.2) is 28.7 Å². The van der Waals surface area contributed by atoms with Gasteiger partial charge in [0, 0.05) is 18.4 Å². The zero-order valence-corrected chi connectivity index (χ0v) is 14.8. The number of aliphatic hydroxyl groups is 1. The molecule has 138 valence electrons. The molecule has 1 fully saturated rings. The van der Waals surface area contributed by atoms with Gasteiger partial charge in [-0.3, -0.25) is 0 Å². The van der Waals surface area contributed by atoms with E-state index in [1.54, 1.807) is 0 Å². The van der Waals surface area contributed by atoms with Crippen LogP contribution in [-0.4, -0.2) is 54.9 Å². The number of hydrogen-bond donors (Lipinski definition) is 2. The Morgan fingerprint density at radius 1 is 1.30 bits per heavy atom. The van der Waals surface area contributed by atoms with Crippen molar-refractivity contribution in [3.63, 3.8) is 0 Å². The van der Waals surface area contributed by atoms with Gasteiger partial charge in [0.2, 0.25) is 0 Å². The van der Waals surface area contributed by atoms with Crippen molar-refractivity contribution in [1.82, 2.24) is 30.6 Å². The zero-order valence-electron chi connectivity index (χ0n) is 14.8. The summed E-state index contributed by atoms with van der Waals surface area (Å²) in [4.78, 5) is 11.4. The Bertz CT molecular complexity index is 1090. The SMILES string of the molecule is Cc1nc(N2C[C@@H](Cc3nnn[nH]3)C[C@H]2CO)c2oc3ccccc3c2n1. The number of rotatable bonds is 4. The van der Waals surface area contributed by atoms with Gasteiger partial charge in [0.05, 0.1) is 12.6 Å². The van der Waals surface area contributed by atoms with E-state index in [0.717, 1.165) is 47.5 Å². The fourth-order valence-corrected chi connectivity index (χ4v) is 4.01. The Labute approximate surface area is 154 Å². The van der Waals surface area contributed by atoms with Gasteiger partial charge in [-0.25, -0.2) is 15.1 Å². The number of fused-ring (bicyclic) bond motifs is 3. The van der Waals surface area contributed by atoms with Gasteiger partial charge in [0.25, 0.3) is 0 Å². The molecular weight excluding hydrogens is 346 g/mol. The molecular formula is C18H19N7O2.